The molecular formula is C23H22F4. The highest BCUT2D eigenvalue weighted by atomic mass is 19.2. The Kier molecular flexibility index (Phi) is 6.21. The maximum Gasteiger partial charge on any atom is 0.194 e. The second-order valence-corrected chi connectivity index (χ2v) is 7.17. The lowest BCUT2D eigenvalue weighted by atomic mass is 9.80. The molecule has 4 heteroatoms. The third-order valence-corrected chi connectivity index (χ3v) is 5.19. The molecule has 1 unspecified atom stereocenters. The fraction of sp³-hybridized carbons (Fsp3) is 0.391. The summed E-state index contributed by atoms with van der Waals surface area (Å²) >= 11 is 0. The molecule has 0 aliphatic heterocycles. The van der Waals surface area contributed by atoms with Crippen LogP contribution >= 0.6 is 0 Å². The van der Waals surface area contributed by atoms with Crippen molar-refractivity contribution in [2.24, 2.45) is 5.92 Å². The summed E-state index contributed by atoms with van der Waals surface area (Å²) in [6, 6.07) is 5.14. The van der Waals surface area contributed by atoms with Crippen LogP contribution in [-0.2, 0) is 12.8 Å². The fourth-order valence-electron chi connectivity index (χ4n) is 3.68. The Labute approximate surface area is 157 Å². The largest absolute Gasteiger partial charge is 0.205 e. The van der Waals surface area contributed by atoms with Crippen LogP contribution in [0.2, 0.25) is 0 Å². The highest BCUT2D eigenvalue weighted by Gasteiger charge is 2.22. The molecule has 0 amide bonds. The maximum absolute atomic E-state index is 14.8. The van der Waals surface area contributed by atoms with E-state index in [1.807, 2.05) is 6.07 Å². The minimum atomic E-state index is -1.53. The molecule has 0 spiro atoms. The van der Waals surface area contributed by atoms with Crippen LogP contribution in [0.15, 0.2) is 24.3 Å². The highest BCUT2D eigenvalue weighted by Crippen LogP contribution is 2.31. The Morgan fingerprint density at radius 3 is 2.41 bits per heavy atom. The molecule has 0 N–H and O–H groups in total. The van der Waals surface area contributed by atoms with Gasteiger partial charge in [-0.2, -0.15) is 0 Å². The molecule has 1 aliphatic carbocycles. The SMILES string of the molecule is CCCCCC1CCc2c(ccc(C#Cc3cc(F)c(F)c(F)c3)c2F)C1. The van der Waals surface area contributed by atoms with Gasteiger partial charge in [-0.25, -0.2) is 17.6 Å². The third kappa shape index (κ3) is 4.53. The molecule has 0 heterocycles. The zero-order valence-electron chi connectivity index (χ0n) is 15.3. The van der Waals surface area contributed by atoms with E-state index in [0.29, 0.717) is 17.9 Å². The van der Waals surface area contributed by atoms with Gasteiger partial charge in [-0.15, -0.1) is 0 Å². The summed E-state index contributed by atoms with van der Waals surface area (Å²) in [5, 5.41) is 0. The van der Waals surface area contributed by atoms with Crippen molar-refractivity contribution in [2.75, 3.05) is 0 Å². The molecule has 0 saturated heterocycles. The number of unbranched alkanes of at least 4 members (excludes halogenated alkanes) is 2. The van der Waals surface area contributed by atoms with Crippen LogP contribution in [0.3, 0.4) is 0 Å². The topological polar surface area (TPSA) is 0 Å². The van der Waals surface area contributed by atoms with Crippen LogP contribution in [-0.4, -0.2) is 0 Å². The first-order valence-corrected chi connectivity index (χ1v) is 9.46. The molecule has 0 nitrogen and oxygen atoms in total. The number of halogens is 4. The van der Waals surface area contributed by atoms with Crippen molar-refractivity contribution in [1.82, 2.24) is 0 Å². The monoisotopic (exact) mass is 374 g/mol. The summed E-state index contributed by atoms with van der Waals surface area (Å²) in [5.41, 5.74) is 1.90. The Balaban J connectivity index is 1.79. The Bertz CT molecular complexity index is 866. The molecule has 3 rings (SSSR count). The van der Waals surface area contributed by atoms with Gasteiger partial charge in [-0.1, -0.05) is 50.5 Å². The van der Waals surface area contributed by atoms with Gasteiger partial charge in [0.15, 0.2) is 17.5 Å². The number of hydrogen-bond donors (Lipinski definition) is 0. The van der Waals surface area contributed by atoms with Crippen LogP contribution in [0.25, 0.3) is 0 Å². The summed E-state index contributed by atoms with van der Waals surface area (Å²) in [6.07, 6.45) is 7.37. The van der Waals surface area contributed by atoms with Crippen molar-refractivity contribution in [1.29, 1.82) is 0 Å². The van der Waals surface area contributed by atoms with Gasteiger partial charge in [0, 0.05) is 5.56 Å². The van der Waals surface area contributed by atoms with Crippen LogP contribution in [0.4, 0.5) is 17.6 Å². The highest BCUT2D eigenvalue weighted by molar-refractivity contribution is 5.47. The standard InChI is InChI=1S/C23H22F4/c1-2-3-4-5-15-7-11-19-18(12-15)10-9-17(22(19)26)8-6-16-13-20(24)23(27)21(25)14-16/h9-10,13-15H,2-5,7,11-12H2,1H3. The molecule has 0 saturated carbocycles. The van der Waals surface area contributed by atoms with Gasteiger partial charge < -0.3 is 0 Å². The van der Waals surface area contributed by atoms with Gasteiger partial charge in [-0.05, 0) is 54.5 Å². The van der Waals surface area contributed by atoms with Crippen LogP contribution in [0, 0.1) is 41.0 Å². The Morgan fingerprint density at radius 1 is 0.963 bits per heavy atom. The molecular weight excluding hydrogens is 352 g/mol. The quantitative estimate of drug-likeness (QED) is 0.254. The van der Waals surface area contributed by atoms with Crippen molar-refractivity contribution < 1.29 is 17.6 Å². The number of rotatable bonds is 4. The Hall–Kier alpha value is -2.28. The number of fused-ring (bicyclic) bond motifs is 1. The van der Waals surface area contributed by atoms with E-state index in [-0.39, 0.29) is 16.9 Å². The minimum Gasteiger partial charge on any atom is -0.205 e. The molecule has 142 valence electrons. The Morgan fingerprint density at radius 2 is 1.70 bits per heavy atom. The average Bonchev–Trinajstić information content (AvgIpc) is 2.65. The van der Waals surface area contributed by atoms with Crippen molar-refractivity contribution in [3.8, 4) is 11.8 Å². The van der Waals surface area contributed by atoms with Crippen LogP contribution < -0.4 is 0 Å². The molecule has 2 aromatic rings. The average molecular weight is 374 g/mol. The van der Waals surface area contributed by atoms with E-state index < -0.39 is 17.5 Å². The molecule has 0 aromatic heterocycles. The first-order valence-electron chi connectivity index (χ1n) is 9.46. The van der Waals surface area contributed by atoms with Crippen molar-refractivity contribution in [3.63, 3.8) is 0 Å². The molecule has 1 atom stereocenters. The van der Waals surface area contributed by atoms with E-state index in [0.717, 1.165) is 30.5 Å². The van der Waals surface area contributed by atoms with E-state index in [1.54, 1.807) is 6.07 Å². The zero-order valence-corrected chi connectivity index (χ0v) is 15.3. The van der Waals surface area contributed by atoms with Gasteiger partial charge in [0.2, 0.25) is 0 Å². The van der Waals surface area contributed by atoms with Crippen molar-refractivity contribution in [2.45, 2.75) is 51.9 Å². The maximum atomic E-state index is 14.8. The first kappa shape index (κ1) is 19.5. The third-order valence-electron chi connectivity index (χ3n) is 5.19. The van der Waals surface area contributed by atoms with Crippen LogP contribution in [0.5, 0.6) is 0 Å². The molecule has 27 heavy (non-hydrogen) atoms. The number of benzene rings is 2. The summed E-state index contributed by atoms with van der Waals surface area (Å²) in [4.78, 5) is 0. The molecule has 2 aromatic carbocycles. The smallest absolute Gasteiger partial charge is 0.194 e. The molecule has 0 bridgehead atoms. The van der Waals surface area contributed by atoms with Gasteiger partial charge in [0.25, 0.3) is 0 Å². The summed E-state index contributed by atoms with van der Waals surface area (Å²) in [5.74, 6) is 1.25. The lowest BCUT2D eigenvalue weighted by molar-refractivity contribution is 0.401. The van der Waals surface area contributed by atoms with E-state index >= 15 is 0 Å². The first-order chi connectivity index (χ1) is 13.0. The van der Waals surface area contributed by atoms with Gasteiger partial charge in [0.05, 0.1) is 5.56 Å². The summed E-state index contributed by atoms with van der Waals surface area (Å²) in [7, 11) is 0. The summed E-state index contributed by atoms with van der Waals surface area (Å²) < 4.78 is 54.3. The molecule has 1 aliphatic rings. The van der Waals surface area contributed by atoms with E-state index in [1.165, 1.54) is 25.7 Å². The molecule has 0 radical (unpaired) electrons. The van der Waals surface area contributed by atoms with E-state index in [4.69, 9.17) is 0 Å². The van der Waals surface area contributed by atoms with Crippen molar-refractivity contribution in [3.05, 3.63) is 69.8 Å². The minimum absolute atomic E-state index is 0.0282. The van der Waals surface area contributed by atoms with Crippen molar-refractivity contribution >= 4 is 0 Å². The van der Waals surface area contributed by atoms with E-state index in [2.05, 4.69) is 18.8 Å². The fourth-order valence-corrected chi connectivity index (χ4v) is 3.68. The summed E-state index contributed by atoms with van der Waals surface area (Å²) in [6.45, 7) is 2.18. The lowest BCUT2D eigenvalue weighted by Crippen LogP contribution is -2.16. The number of hydrogen-bond acceptors (Lipinski definition) is 0. The van der Waals surface area contributed by atoms with Gasteiger partial charge >= 0.3 is 0 Å². The predicted octanol–water partition coefficient (Wildman–Crippen LogP) is 6.33. The zero-order chi connectivity index (χ0) is 19.4. The van der Waals surface area contributed by atoms with Gasteiger partial charge in [-0.3, -0.25) is 0 Å². The normalized spacial score (nSPS) is 15.8. The van der Waals surface area contributed by atoms with Gasteiger partial charge in [0.1, 0.15) is 5.82 Å². The van der Waals surface area contributed by atoms with Crippen LogP contribution in [0.1, 0.15) is 61.3 Å². The lowest BCUT2D eigenvalue weighted by Gasteiger charge is -2.25. The predicted molar refractivity (Wildman–Crippen MR) is 98.4 cm³/mol. The second-order valence-electron chi connectivity index (χ2n) is 7.17. The molecule has 0 fully saturated rings. The van der Waals surface area contributed by atoms with E-state index in [9.17, 15) is 17.6 Å². The second kappa shape index (κ2) is 8.61.